The van der Waals surface area contributed by atoms with Gasteiger partial charge < -0.3 is 25.6 Å². The summed E-state index contributed by atoms with van der Waals surface area (Å²) >= 11 is 0. The number of nitrogens with zero attached hydrogens (tertiary/aromatic N) is 5. The Balaban J connectivity index is 1.78. The molecule has 1 unspecified atom stereocenters. The molecule has 0 aliphatic carbocycles. The number of nitrogens with two attached hydrogens (primary N) is 1. The van der Waals surface area contributed by atoms with Crippen LogP contribution in [0.25, 0.3) is 0 Å². The fraction of sp³-hybridized carbons (Fsp3) is 0.667. The van der Waals surface area contributed by atoms with Crippen molar-refractivity contribution >= 4 is 17.9 Å². The van der Waals surface area contributed by atoms with Crippen LogP contribution in [0.2, 0.25) is 0 Å². The van der Waals surface area contributed by atoms with Gasteiger partial charge in [-0.05, 0) is 13.8 Å². The number of aromatic nitrogens is 3. The molecule has 2 amide bonds. The van der Waals surface area contributed by atoms with Gasteiger partial charge in [0.25, 0.3) is 0 Å². The maximum Gasteiger partial charge on any atom is 0.323 e. The van der Waals surface area contributed by atoms with Crippen LogP contribution in [0.5, 0.6) is 6.01 Å². The fourth-order valence-corrected chi connectivity index (χ4v) is 2.55. The molecule has 3 rings (SSSR count). The molecule has 3 N–H and O–H groups in total. The van der Waals surface area contributed by atoms with Crippen LogP contribution >= 0.6 is 0 Å². The zero-order valence-corrected chi connectivity index (χ0v) is 12.1. The maximum atomic E-state index is 11.6. The Morgan fingerprint density at radius 1 is 1.33 bits per heavy atom. The van der Waals surface area contributed by atoms with E-state index in [0.29, 0.717) is 32.1 Å². The molecule has 21 heavy (non-hydrogen) atoms. The first-order valence-electron chi connectivity index (χ1n) is 7.00. The Kier molecular flexibility index (Phi) is 3.40. The number of carbonyl (C=O) groups excluding carboxylic acids is 1. The second-order valence-corrected chi connectivity index (χ2v) is 5.42. The van der Waals surface area contributed by atoms with Gasteiger partial charge in [0.1, 0.15) is 0 Å². The molecular weight excluding hydrogens is 274 g/mol. The highest BCUT2D eigenvalue weighted by atomic mass is 16.5. The topological polar surface area (TPSA) is 109 Å². The molecule has 1 aromatic rings. The lowest BCUT2D eigenvalue weighted by Gasteiger charge is -2.36. The Morgan fingerprint density at radius 3 is 2.90 bits per heavy atom. The van der Waals surface area contributed by atoms with Crippen molar-refractivity contribution < 1.29 is 9.53 Å². The summed E-state index contributed by atoms with van der Waals surface area (Å²) in [6.45, 7) is 6.41. The van der Waals surface area contributed by atoms with E-state index in [1.54, 1.807) is 0 Å². The van der Waals surface area contributed by atoms with Gasteiger partial charge in [0.15, 0.2) is 0 Å². The van der Waals surface area contributed by atoms with Gasteiger partial charge in [0, 0.05) is 26.2 Å². The van der Waals surface area contributed by atoms with Gasteiger partial charge in [-0.2, -0.15) is 15.0 Å². The summed E-state index contributed by atoms with van der Waals surface area (Å²) in [4.78, 5) is 27.9. The molecule has 0 radical (unpaired) electrons. The molecule has 2 aliphatic rings. The number of ether oxygens (including phenoxy) is 1. The van der Waals surface area contributed by atoms with Crippen molar-refractivity contribution in [2.45, 2.75) is 26.0 Å². The third-order valence-electron chi connectivity index (χ3n) is 3.48. The van der Waals surface area contributed by atoms with E-state index < -0.39 is 0 Å². The van der Waals surface area contributed by atoms with Gasteiger partial charge in [-0.1, -0.05) is 0 Å². The highest BCUT2D eigenvalue weighted by Gasteiger charge is 2.36. The Labute approximate surface area is 122 Å². The van der Waals surface area contributed by atoms with E-state index in [-0.39, 0.29) is 30.1 Å². The monoisotopic (exact) mass is 293 g/mol. The molecule has 0 bridgehead atoms. The Morgan fingerprint density at radius 2 is 2.14 bits per heavy atom. The van der Waals surface area contributed by atoms with E-state index in [2.05, 4.69) is 20.3 Å². The van der Waals surface area contributed by atoms with Crippen LogP contribution in [0.4, 0.5) is 16.7 Å². The molecule has 1 aromatic heterocycles. The SMILES string of the molecule is CC(C)Oc1nc(N)nc(N2CCN3C(=O)NCC3C2)n1. The molecule has 1 atom stereocenters. The minimum absolute atomic E-state index is 0.00126. The van der Waals surface area contributed by atoms with Crippen molar-refractivity contribution in [1.82, 2.24) is 25.2 Å². The van der Waals surface area contributed by atoms with E-state index in [4.69, 9.17) is 10.5 Å². The number of hydrogen-bond acceptors (Lipinski definition) is 7. The van der Waals surface area contributed by atoms with Crippen molar-refractivity contribution in [3.8, 4) is 6.01 Å². The molecule has 3 heterocycles. The summed E-state index contributed by atoms with van der Waals surface area (Å²) in [5.74, 6) is 0.635. The summed E-state index contributed by atoms with van der Waals surface area (Å²) in [6.07, 6.45) is -0.0341. The summed E-state index contributed by atoms with van der Waals surface area (Å²) in [6, 6.07) is 0.368. The normalized spacial score (nSPS) is 21.5. The maximum absolute atomic E-state index is 11.6. The van der Waals surface area contributed by atoms with Gasteiger partial charge in [0.05, 0.1) is 12.1 Å². The number of urea groups is 1. The molecule has 2 fully saturated rings. The zero-order valence-electron chi connectivity index (χ0n) is 12.1. The number of rotatable bonds is 3. The van der Waals surface area contributed by atoms with Crippen LogP contribution in [-0.2, 0) is 0 Å². The number of nitrogen functional groups attached to an aromatic ring is 1. The van der Waals surface area contributed by atoms with E-state index in [9.17, 15) is 4.79 Å². The first-order valence-corrected chi connectivity index (χ1v) is 7.00. The van der Waals surface area contributed by atoms with Gasteiger partial charge in [-0.25, -0.2) is 4.79 Å². The standard InChI is InChI=1S/C12H19N7O2/c1-7(2)21-11-16-9(13)15-10(17-11)18-3-4-19-8(6-18)5-14-12(19)20/h7-8H,3-6H2,1-2H3,(H,14,20)(H2,13,15,16,17). The lowest BCUT2D eigenvalue weighted by Crippen LogP contribution is -2.52. The lowest BCUT2D eigenvalue weighted by atomic mass is 10.2. The van der Waals surface area contributed by atoms with Crippen LogP contribution in [0.1, 0.15) is 13.8 Å². The van der Waals surface area contributed by atoms with E-state index in [1.807, 2.05) is 23.6 Å². The van der Waals surface area contributed by atoms with Gasteiger partial charge in [-0.15, -0.1) is 0 Å². The predicted molar refractivity (Wildman–Crippen MR) is 76.1 cm³/mol. The number of amides is 2. The first-order chi connectivity index (χ1) is 10.0. The summed E-state index contributed by atoms with van der Waals surface area (Å²) in [7, 11) is 0. The minimum atomic E-state index is -0.0341. The number of anilines is 2. The Hall–Kier alpha value is -2.32. The van der Waals surface area contributed by atoms with Crippen LogP contribution < -0.4 is 20.7 Å². The number of nitrogens with one attached hydrogen (secondary N) is 1. The lowest BCUT2D eigenvalue weighted by molar-refractivity contribution is 0.196. The third-order valence-corrected chi connectivity index (χ3v) is 3.48. The molecule has 114 valence electrons. The summed E-state index contributed by atoms with van der Waals surface area (Å²) in [5, 5.41) is 2.84. The van der Waals surface area contributed by atoms with Gasteiger partial charge in [-0.3, -0.25) is 0 Å². The number of piperazine rings is 1. The molecular formula is C12H19N7O2. The quantitative estimate of drug-likeness (QED) is 0.769. The molecule has 2 saturated heterocycles. The summed E-state index contributed by atoms with van der Waals surface area (Å²) in [5.41, 5.74) is 5.72. The van der Waals surface area contributed by atoms with Gasteiger partial charge >= 0.3 is 12.0 Å². The molecule has 2 aliphatic heterocycles. The van der Waals surface area contributed by atoms with Crippen molar-refractivity contribution in [3.05, 3.63) is 0 Å². The molecule has 0 aromatic carbocycles. The van der Waals surface area contributed by atoms with Crippen molar-refractivity contribution in [1.29, 1.82) is 0 Å². The van der Waals surface area contributed by atoms with Crippen LogP contribution in [0, 0.1) is 0 Å². The van der Waals surface area contributed by atoms with Gasteiger partial charge in [0.2, 0.25) is 11.9 Å². The largest absolute Gasteiger partial charge is 0.461 e. The second-order valence-electron chi connectivity index (χ2n) is 5.42. The van der Waals surface area contributed by atoms with Crippen LogP contribution in [0.3, 0.4) is 0 Å². The van der Waals surface area contributed by atoms with Crippen molar-refractivity contribution in [3.63, 3.8) is 0 Å². The van der Waals surface area contributed by atoms with E-state index in [0.717, 1.165) is 0 Å². The summed E-state index contributed by atoms with van der Waals surface area (Å²) < 4.78 is 5.48. The second kappa shape index (κ2) is 5.23. The van der Waals surface area contributed by atoms with Crippen molar-refractivity contribution in [2.24, 2.45) is 0 Å². The number of hydrogen-bond donors (Lipinski definition) is 2. The van der Waals surface area contributed by atoms with E-state index >= 15 is 0 Å². The third kappa shape index (κ3) is 2.76. The molecule has 9 nitrogen and oxygen atoms in total. The molecule has 0 saturated carbocycles. The highest BCUT2D eigenvalue weighted by Crippen LogP contribution is 2.20. The zero-order chi connectivity index (χ0) is 15.0. The van der Waals surface area contributed by atoms with Crippen LogP contribution in [-0.4, -0.2) is 64.2 Å². The average molecular weight is 293 g/mol. The van der Waals surface area contributed by atoms with E-state index in [1.165, 1.54) is 0 Å². The highest BCUT2D eigenvalue weighted by molar-refractivity contribution is 5.77. The predicted octanol–water partition coefficient (Wildman–Crippen LogP) is -0.545. The minimum Gasteiger partial charge on any atom is -0.461 e. The Bertz CT molecular complexity index is 550. The first kappa shape index (κ1) is 13.7. The average Bonchev–Trinajstić information content (AvgIpc) is 2.78. The number of fused-ring (bicyclic) bond motifs is 1. The molecule has 9 heteroatoms. The number of carbonyl (C=O) groups is 1. The van der Waals surface area contributed by atoms with Crippen molar-refractivity contribution in [2.75, 3.05) is 36.8 Å². The molecule has 0 spiro atoms. The van der Waals surface area contributed by atoms with Crippen LogP contribution in [0.15, 0.2) is 0 Å². The smallest absolute Gasteiger partial charge is 0.323 e. The fourth-order valence-electron chi connectivity index (χ4n) is 2.55.